The minimum absolute atomic E-state index is 0.114. The number of hydrogen-bond acceptors (Lipinski definition) is 2. The summed E-state index contributed by atoms with van der Waals surface area (Å²) in [5, 5.41) is 6.57. The first-order chi connectivity index (χ1) is 9.60. The van der Waals surface area contributed by atoms with Crippen LogP contribution >= 0.6 is 0 Å². The van der Waals surface area contributed by atoms with E-state index < -0.39 is 5.66 Å². The van der Waals surface area contributed by atoms with Crippen molar-refractivity contribution in [1.82, 2.24) is 5.32 Å². The van der Waals surface area contributed by atoms with Crippen molar-refractivity contribution in [3.63, 3.8) is 0 Å². The van der Waals surface area contributed by atoms with Gasteiger partial charge in [0.1, 0.15) is 11.5 Å². The van der Waals surface area contributed by atoms with Gasteiger partial charge in [-0.05, 0) is 48.3 Å². The summed E-state index contributed by atoms with van der Waals surface area (Å²) in [7, 11) is 0. The number of amides is 1. The van der Waals surface area contributed by atoms with Crippen LogP contribution in [0.2, 0.25) is 0 Å². The van der Waals surface area contributed by atoms with Gasteiger partial charge in [-0.3, -0.25) is 4.79 Å². The molecule has 114 valence electrons. The van der Waals surface area contributed by atoms with E-state index in [1.807, 2.05) is 0 Å². The molecule has 1 aromatic rings. The average molecular weight is 290 g/mol. The van der Waals surface area contributed by atoms with E-state index in [9.17, 15) is 9.18 Å². The Balaban J connectivity index is 2.02. The minimum Gasteiger partial charge on any atom is -0.362 e. The number of nitrogens with one attached hydrogen (secondary N) is 2. The van der Waals surface area contributed by atoms with E-state index in [1.54, 1.807) is 6.07 Å². The fourth-order valence-electron chi connectivity index (χ4n) is 4.69. The summed E-state index contributed by atoms with van der Waals surface area (Å²) in [5.74, 6) is -0.433. The molecule has 0 saturated heterocycles. The Hall–Kier alpha value is -1.58. The summed E-state index contributed by atoms with van der Waals surface area (Å²) in [6, 6.07) is 4.29. The molecule has 1 aliphatic carbocycles. The maximum atomic E-state index is 13.5. The van der Waals surface area contributed by atoms with Crippen LogP contribution < -0.4 is 10.6 Å². The SMILES string of the molecule is CC1(C)CC(C)(C)CC2(C1)NC(=O)c1ccc(F)cc1N2. The van der Waals surface area contributed by atoms with Gasteiger partial charge in [0.25, 0.3) is 5.91 Å². The maximum absolute atomic E-state index is 13.5. The summed E-state index contributed by atoms with van der Waals surface area (Å²) in [4.78, 5) is 12.4. The molecule has 4 heteroatoms. The van der Waals surface area contributed by atoms with Crippen molar-refractivity contribution in [2.45, 2.75) is 52.6 Å². The fraction of sp³-hybridized carbons (Fsp3) is 0.588. The number of anilines is 1. The second-order valence-corrected chi connectivity index (χ2v) is 8.21. The second kappa shape index (κ2) is 4.21. The summed E-state index contributed by atoms with van der Waals surface area (Å²) < 4.78 is 13.5. The molecular formula is C17H23FN2O. The molecule has 3 rings (SSSR count). The van der Waals surface area contributed by atoms with Crippen molar-refractivity contribution < 1.29 is 9.18 Å². The van der Waals surface area contributed by atoms with E-state index in [-0.39, 0.29) is 22.6 Å². The molecule has 1 heterocycles. The highest BCUT2D eigenvalue weighted by Gasteiger charge is 2.50. The average Bonchev–Trinajstić information content (AvgIpc) is 2.22. The van der Waals surface area contributed by atoms with Gasteiger partial charge in [-0.15, -0.1) is 0 Å². The highest BCUT2D eigenvalue weighted by Crippen LogP contribution is 2.51. The van der Waals surface area contributed by atoms with E-state index in [2.05, 4.69) is 38.3 Å². The Bertz CT molecular complexity index is 591. The Morgan fingerprint density at radius 1 is 1.00 bits per heavy atom. The third-order valence-corrected chi connectivity index (χ3v) is 4.47. The lowest BCUT2D eigenvalue weighted by Crippen LogP contribution is -2.63. The van der Waals surface area contributed by atoms with Crippen LogP contribution in [0, 0.1) is 16.6 Å². The number of carbonyl (C=O) groups excluding carboxylic acids is 1. The fourth-order valence-corrected chi connectivity index (χ4v) is 4.69. The molecule has 1 fully saturated rings. The molecule has 1 aromatic carbocycles. The smallest absolute Gasteiger partial charge is 0.255 e. The van der Waals surface area contributed by atoms with E-state index in [4.69, 9.17) is 0 Å². The molecule has 1 saturated carbocycles. The number of benzene rings is 1. The summed E-state index contributed by atoms with van der Waals surface area (Å²) in [5.41, 5.74) is 0.874. The van der Waals surface area contributed by atoms with Crippen LogP contribution in [0.1, 0.15) is 57.3 Å². The Morgan fingerprint density at radius 2 is 1.62 bits per heavy atom. The number of hydrogen-bond donors (Lipinski definition) is 2. The summed E-state index contributed by atoms with van der Waals surface area (Å²) in [6.07, 6.45) is 2.78. The molecule has 1 amide bonds. The first-order valence-electron chi connectivity index (χ1n) is 7.50. The molecule has 0 aromatic heterocycles. The largest absolute Gasteiger partial charge is 0.362 e. The molecule has 21 heavy (non-hydrogen) atoms. The highest BCUT2D eigenvalue weighted by molar-refractivity contribution is 6.02. The van der Waals surface area contributed by atoms with Gasteiger partial charge < -0.3 is 10.6 Å². The third kappa shape index (κ3) is 2.63. The molecular weight excluding hydrogens is 267 g/mol. The van der Waals surface area contributed by atoms with Crippen molar-refractivity contribution >= 4 is 11.6 Å². The van der Waals surface area contributed by atoms with Gasteiger partial charge in [0.2, 0.25) is 0 Å². The van der Waals surface area contributed by atoms with Crippen LogP contribution in [0.4, 0.5) is 10.1 Å². The van der Waals surface area contributed by atoms with Crippen molar-refractivity contribution in [1.29, 1.82) is 0 Å². The van der Waals surface area contributed by atoms with Crippen LogP contribution in [0.5, 0.6) is 0 Å². The van der Waals surface area contributed by atoms with Gasteiger partial charge in [-0.2, -0.15) is 0 Å². The zero-order valence-corrected chi connectivity index (χ0v) is 13.1. The number of rotatable bonds is 0. The molecule has 0 unspecified atom stereocenters. The molecule has 3 nitrogen and oxygen atoms in total. The lowest BCUT2D eigenvalue weighted by atomic mass is 9.60. The maximum Gasteiger partial charge on any atom is 0.255 e. The first-order valence-corrected chi connectivity index (χ1v) is 7.50. The minimum atomic E-state index is -0.483. The molecule has 0 bridgehead atoms. The topological polar surface area (TPSA) is 41.1 Å². The van der Waals surface area contributed by atoms with Crippen molar-refractivity contribution in [3.8, 4) is 0 Å². The molecule has 1 aliphatic heterocycles. The molecule has 1 spiro atoms. The number of halogens is 1. The third-order valence-electron chi connectivity index (χ3n) is 4.47. The van der Waals surface area contributed by atoms with E-state index in [0.29, 0.717) is 11.3 Å². The monoisotopic (exact) mass is 290 g/mol. The molecule has 0 atom stereocenters. The van der Waals surface area contributed by atoms with Crippen LogP contribution in [-0.2, 0) is 0 Å². The van der Waals surface area contributed by atoms with Gasteiger partial charge >= 0.3 is 0 Å². The predicted octanol–water partition coefficient (Wildman–Crippen LogP) is 3.91. The summed E-state index contributed by atoms with van der Waals surface area (Å²) in [6.45, 7) is 8.91. The first kappa shape index (κ1) is 14.4. The van der Waals surface area contributed by atoms with E-state index in [0.717, 1.165) is 19.3 Å². The zero-order chi connectivity index (χ0) is 15.5. The number of carbonyl (C=O) groups is 1. The van der Waals surface area contributed by atoms with E-state index in [1.165, 1.54) is 12.1 Å². The van der Waals surface area contributed by atoms with Gasteiger partial charge in [0, 0.05) is 0 Å². The van der Waals surface area contributed by atoms with Gasteiger partial charge in [-0.25, -0.2) is 4.39 Å². The summed E-state index contributed by atoms with van der Waals surface area (Å²) >= 11 is 0. The number of fused-ring (bicyclic) bond motifs is 1. The normalized spacial score (nSPS) is 24.9. The lowest BCUT2D eigenvalue weighted by molar-refractivity contribution is 0.0373. The van der Waals surface area contributed by atoms with Crippen LogP contribution in [0.15, 0.2) is 18.2 Å². The van der Waals surface area contributed by atoms with Crippen molar-refractivity contribution in [3.05, 3.63) is 29.6 Å². The molecule has 0 radical (unpaired) electrons. The van der Waals surface area contributed by atoms with Crippen LogP contribution in [0.3, 0.4) is 0 Å². The van der Waals surface area contributed by atoms with Crippen LogP contribution in [0.25, 0.3) is 0 Å². The quantitative estimate of drug-likeness (QED) is 0.760. The Morgan fingerprint density at radius 3 is 2.24 bits per heavy atom. The van der Waals surface area contributed by atoms with Gasteiger partial charge in [-0.1, -0.05) is 27.7 Å². The molecule has 2 aliphatic rings. The van der Waals surface area contributed by atoms with Gasteiger partial charge in [0.15, 0.2) is 0 Å². The van der Waals surface area contributed by atoms with E-state index >= 15 is 0 Å². The van der Waals surface area contributed by atoms with Gasteiger partial charge in [0.05, 0.1) is 11.3 Å². The second-order valence-electron chi connectivity index (χ2n) is 8.21. The predicted molar refractivity (Wildman–Crippen MR) is 81.6 cm³/mol. The highest BCUT2D eigenvalue weighted by atomic mass is 19.1. The Labute approximate surface area is 125 Å². The Kier molecular flexibility index (Phi) is 2.88. The lowest BCUT2D eigenvalue weighted by Gasteiger charge is -2.54. The zero-order valence-electron chi connectivity index (χ0n) is 13.1. The standard InChI is InChI=1S/C17H23FN2O/c1-15(2)8-16(3,4)10-17(9-15)19-13-7-11(18)5-6-12(13)14(21)20-17/h5-7,19H,8-10H2,1-4H3,(H,20,21). The molecule has 2 N–H and O–H groups in total. The van der Waals surface area contributed by atoms with Crippen molar-refractivity contribution in [2.75, 3.05) is 5.32 Å². The van der Waals surface area contributed by atoms with Crippen molar-refractivity contribution in [2.24, 2.45) is 10.8 Å². The van der Waals surface area contributed by atoms with Crippen LogP contribution in [-0.4, -0.2) is 11.6 Å².